The largest absolute Gasteiger partial charge is 0.481 e. The predicted octanol–water partition coefficient (Wildman–Crippen LogP) is 2.56. The molecule has 0 aromatic heterocycles. The van der Waals surface area contributed by atoms with E-state index in [-0.39, 0.29) is 25.5 Å². The van der Waals surface area contributed by atoms with Crippen molar-refractivity contribution in [2.45, 2.75) is 13.3 Å². The van der Waals surface area contributed by atoms with Gasteiger partial charge in [-0.3, -0.25) is 9.59 Å². The van der Waals surface area contributed by atoms with Crippen molar-refractivity contribution in [2.24, 2.45) is 0 Å². The minimum Gasteiger partial charge on any atom is -0.481 e. The van der Waals surface area contributed by atoms with E-state index in [0.717, 1.165) is 11.1 Å². The molecular formula is C18H21NO4. The van der Waals surface area contributed by atoms with E-state index in [0.29, 0.717) is 5.56 Å². The lowest BCUT2D eigenvalue weighted by molar-refractivity contribution is -0.136. The van der Waals surface area contributed by atoms with E-state index in [1.54, 1.807) is 19.1 Å². The highest BCUT2D eigenvalue weighted by Gasteiger charge is 2.04. The van der Waals surface area contributed by atoms with Crippen molar-refractivity contribution in [3.8, 4) is 11.1 Å². The van der Waals surface area contributed by atoms with Crippen LogP contribution in [0.15, 0.2) is 54.6 Å². The van der Waals surface area contributed by atoms with Crippen LogP contribution in [0.1, 0.15) is 23.7 Å². The molecule has 0 saturated heterocycles. The van der Waals surface area contributed by atoms with Gasteiger partial charge in [-0.15, -0.1) is 0 Å². The summed E-state index contributed by atoms with van der Waals surface area (Å²) in [6.07, 6.45) is 0.222. The first-order chi connectivity index (χ1) is 11.1. The monoisotopic (exact) mass is 315 g/mol. The quantitative estimate of drug-likeness (QED) is 0.791. The van der Waals surface area contributed by atoms with Crippen LogP contribution >= 0.6 is 0 Å². The summed E-state index contributed by atoms with van der Waals surface area (Å²) in [6, 6.07) is 17.4. The van der Waals surface area contributed by atoms with Gasteiger partial charge in [0.25, 0.3) is 5.91 Å². The maximum absolute atomic E-state index is 11.6. The normalized spacial score (nSPS) is 9.48. The van der Waals surface area contributed by atoms with Crippen LogP contribution in [0.4, 0.5) is 0 Å². The second-order valence-electron chi connectivity index (χ2n) is 4.67. The van der Waals surface area contributed by atoms with Gasteiger partial charge in [0.15, 0.2) is 0 Å². The molecule has 23 heavy (non-hydrogen) atoms. The molecule has 2 aromatic carbocycles. The average Bonchev–Trinajstić information content (AvgIpc) is 2.61. The van der Waals surface area contributed by atoms with Crippen molar-refractivity contribution in [3.63, 3.8) is 0 Å². The van der Waals surface area contributed by atoms with Crippen LogP contribution < -0.4 is 5.32 Å². The molecule has 0 aliphatic heterocycles. The van der Waals surface area contributed by atoms with Gasteiger partial charge in [0.05, 0.1) is 6.61 Å². The molecule has 0 saturated carbocycles. The number of amides is 1. The summed E-state index contributed by atoms with van der Waals surface area (Å²) in [5.41, 5.74) is 2.80. The maximum Gasteiger partial charge on any atom is 0.303 e. The van der Waals surface area contributed by atoms with Crippen LogP contribution in [0.25, 0.3) is 11.1 Å². The number of rotatable bonds is 5. The van der Waals surface area contributed by atoms with Crippen LogP contribution in [-0.2, 0) is 4.79 Å². The molecule has 0 aliphatic rings. The van der Waals surface area contributed by atoms with E-state index >= 15 is 0 Å². The molecule has 2 rings (SSSR count). The summed E-state index contributed by atoms with van der Waals surface area (Å²) >= 11 is 0. The smallest absolute Gasteiger partial charge is 0.303 e. The minimum atomic E-state index is -0.745. The summed E-state index contributed by atoms with van der Waals surface area (Å²) in [5.74, 6) is -0.909. The van der Waals surface area contributed by atoms with E-state index in [2.05, 4.69) is 5.32 Å². The lowest BCUT2D eigenvalue weighted by Gasteiger charge is -2.05. The van der Waals surface area contributed by atoms with Gasteiger partial charge in [-0.05, 0) is 23.3 Å². The molecule has 122 valence electrons. The summed E-state index contributed by atoms with van der Waals surface area (Å²) in [7, 11) is 0. The molecule has 0 atom stereocenters. The van der Waals surface area contributed by atoms with Crippen molar-refractivity contribution < 1.29 is 19.8 Å². The number of nitrogens with one attached hydrogen (secondary N) is 1. The fourth-order valence-corrected chi connectivity index (χ4v) is 1.72. The number of benzene rings is 2. The Labute approximate surface area is 135 Å². The summed E-state index contributed by atoms with van der Waals surface area (Å²) in [6.45, 7) is 1.83. The Morgan fingerprint density at radius 2 is 1.48 bits per heavy atom. The van der Waals surface area contributed by atoms with Crippen LogP contribution in [0.5, 0.6) is 0 Å². The molecular weight excluding hydrogens is 294 g/mol. The highest BCUT2D eigenvalue weighted by Crippen LogP contribution is 2.19. The minimum absolute atomic E-state index is 0.0478. The van der Waals surface area contributed by atoms with E-state index in [9.17, 15) is 9.59 Å². The Morgan fingerprint density at radius 3 is 1.96 bits per heavy atom. The second kappa shape index (κ2) is 10.1. The van der Waals surface area contributed by atoms with Crippen molar-refractivity contribution in [1.29, 1.82) is 0 Å². The number of carboxylic acid groups (broad SMARTS) is 1. The second-order valence-corrected chi connectivity index (χ2v) is 4.67. The van der Waals surface area contributed by atoms with Crippen LogP contribution in [0.3, 0.4) is 0 Å². The number of aliphatic hydroxyl groups excluding tert-OH is 1. The third kappa shape index (κ3) is 6.76. The fraction of sp³-hybridized carbons (Fsp3) is 0.222. The Morgan fingerprint density at radius 1 is 0.957 bits per heavy atom. The highest BCUT2D eigenvalue weighted by molar-refractivity contribution is 5.94. The zero-order valence-electron chi connectivity index (χ0n) is 13.0. The van der Waals surface area contributed by atoms with Gasteiger partial charge < -0.3 is 15.5 Å². The molecule has 2 aromatic rings. The fourth-order valence-electron chi connectivity index (χ4n) is 1.72. The number of hydrogen-bond donors (Lipinski definition) is 3. The molecule has 1 amide bonds. The van der Waals surface area contributed by atoms with Crippen LogP contribution in [-0.4, -0.2) is 35.2 Å². The predicted molar refractivity (Wildman–Crippen MR) is 89.2 cm³/mol. The first kappa shape index (κ1) is 18.4. The van der Waals surface area contributed by atoms with Crippen molar-refractivity contribution in [2.75, 3.05) is 13.2 Å². The Balaban J connectivity index is 0.000000463. The van der Waals surface area contributed by atoms with Gasteiger partial charge in [0.2, 0.25) is 0 Å². The molecule has 0 heterocycles. The van der Waals surface area contributed by atoms with Gasteiger partial charge >= 0.3 is 5.97 Å². The number of carboxylic acids is 1. The SMILES string of the molecule is CCC(=O)O.O=C(NCCO)c1ccc(-c2ccccc2)cc1. The third-order valence-electron chi connectivity index (χ3n) is 2.95. The zero-order chi connectivity index (χ0) is 17.1. The van der Waals surface area contributed by atoms with Crippen LogP contribution in [0.2, 0.25) is 0 Å². The molecule has 5 nitrogen and oxygen atoms in total. The van der Waals surface area contributed by atoms with Gasteiger partial charge in [-0.1, -0.05) is 49.4 Å². The molecule has 0 aliphatic carbocycles. The number of carbonyl (C=O) groups is 2. The number of aliphatic hydroxyl groups is 1. The number of aliphatic carboxylic acids is 1. The van der Waals surface area contributed by atoms with E-state index in [4.69, 9.17) is 10.2 Å². The zero-order valence-corrected chi connectivity index (χ0v) is 13.0. The molecule has 3 N–H and O–H groups in total. The average molecular weight is 315 g/mol. The highest BCUT2D eigenvalue weighted by atomic mass is 16.4. The van der Waals surface area contributed by atoms with Crippen molar-refractivity contribution >= 4 is 11.9 Å². The van der Waals surface area contributed by atoms with E-state index < -0.39 is 5.97 Å². The lowest BCUT2D eigenvalue weighted by Crippen LogP contribution is -2.26. The van der Waals surface area contributed by atoms with Gasteiger partial charge in [0.1, 0.15) is 0 Å². The molecule has 0 fully saturated rings. The topological polar surface area (TPSA) is 86.6 Å². The van der Waals surface area contributed by atoms with Crippen molar-refractivity contribution in [3.05, 3.63) is 60.2 Å². The molecule has 0 spiro atoms. The third-order valence-corrected chi connectivity index (χ3v) is 2.95. The molecule has 0 unspecified atom stereocenters. The van der Waals surface area contributed by atoms with Gasteiger partial charge in [-0.25, -0.2) is 0 Å². The van der Waals surface area contributed by atoms with E-state index in [1.807, 2.05) is 42.5 Å². The lowest BCUT2D eigenvalue weighted by atomic mass is 10.0. The Bertz CT molecular complexity index is 609. The Hall–Kier alpha value is -2.66. The van der Waals surface area contributed by atoms with E-state index in [1.165, 1.54) is 0 Å². The molecule has 0 radical (unpaired) electrons. The summed E-state index contributed by atoms with van der Waals surface area (Å²) < 4.78 is 0. The van der Waals surface area contributed by atoms with Crippen LogP contribution in [0, 0.1) is 0 Å². The number of carbonyl (C=O) groups excluding carboxylic acids is 1. The maximum atomic E-state index is 11.6. The van der Waals surface area contributed by atoms with Crippen molar-refractivity contribution in [1.82, 2.24) is 5.32 Å². The van der Waals surface area contributed by atoms with Gasteiger partial charge in [0, 0.05) is 18.5 Å². The standard InChI is InChI=1S/C15H15NO2.C3H6O2/c17-11-10-16-15(18)14-8-6-13(7-9-14)12-4-2-1-3-5-12;1-2-3(4)5/h1-9,17H,10-11H2,(H,16,18);2H2,1H3,(H,4,5). The van der Waals surface area contributed by atoms with Gasteiger partial charge in [-0.2, -0.15) is 0 Å². The molecule has 5 heteroatoms. The first-order valence-corrected chi connectivity index (χ1v) is 7.34. The summed E-state index contributed by atoms with van der Waals surface area (Å²) in [5, 5.41) is 19.0. The molecule has 0 bridgehead atoms. The summed E-state index contributed by atoms with van der Waals surface area (Å²) in [4.78, 5) is 21.0. The first-order valence-electron chi connectivity index (χ1n) is 7.34. The number of hydrogen-bond acceptors (Lipinski definition) is 3. The Kier molecular flexibility index (Phi) is 8.10.